The van der Waals surface area contributed by atoms with E-state index in [-0.39, 0.29) is 0 Å². The molecule has 1 aliphatic carbocycles. The van der Waals surface area contributed by atoms with Gasteiger partial charge in [-0.1, -0.05) is 12.1 Å². The van der Waals surface area contributed by atoms with Crippen LogP contribution < -0.4 is 5.32 Å². The number of hydrogen-bond donors (Lipinski definition) is 2. The van der Waals surface area contributed by atoms with Crippen molar-refractivity contribution in [2.45, 2.75) is 57.4 Å². The predicted molar refractivity (Wildman–Crippen MR) is 129 cm³/mol. The maximum Gasteiger partial charge on any atom is 0.326 e. The van der Waals surface area contributed by atoms with Crippen LogP contribution in [0, 0.1) is 0 Å². The van der Waals surface area contributed by atoms with Gasteiger partial charge in [-0.3, -0.25) is 14.5 Å². The van der Waals surface area contributed by atoms with Gasteiger partial charge in [-0.2, -0.15) is 5.10 Å². The highest BCUT2D eigenvalue weighted by Gasteiger charge is 2.22. The second-order valence-electron chi connectivity index (χ2n) is 8.84. The Bertz CT molecular complexity index is 1160. The number of pyridine rings is 1. The molecule has 0 saturated heterocycles. The zero-order valence-electron chi connectivity index (χ0n) is 19.6. The van der Waals surface area contributed by atoms with Gasteiger partial charge in [0.25, 0.3) is 5.91 Å². The second kappa shape index (κ2) is 11.2. The lowest BCUT2D eigenvalue weighted by Gasteiger charge is -2.16. The molecule has 0 radical (unpaired) electrons. The molecule has 0 fully saturated rings. The number of hydrogen-bond acceptors (Lipinski definition) is 5. The lowest BCUT2D eigenvalue weighted by atomic mass is 9.96. The number of carboxylic acid groups (broad SMARTS) is 1. The number of unbranched alkanes of at least 4 members (excludes halogenated alkanes) is 1. The van der Waals surface area contributed by atoms with Gasteiger partial charge in [0.15, 0.2) is 0 Å². The number of carboxylic acids is 1. The first-order valence-corrected chi connectivity index (χ1v) is 12.0. The number of benzene rings is 1. The Kier molecular flexibility index (Phi) is 7.90. The first kappa shape index (κ1) is 23.9. The molecule has 2 N–H and O–H groups in total. The molecule has 0 spiro atoms. The van der Waals surface area contributed by atoms with Crippen molar-refractivity contribution in [3.63, 3.8) is 0 Å². The molecule has 1 amide bonds. The number of fused-ring (bicyclic) bond motifs is 2. The first-order chi connectivity index (χ1) is 16.5. The van der Waals surface area contributed by atoms with Gasteiger partial charge in [-0.25, -0.2) is 4.79 Å². The van der Waals surface area contributed by atoms with Crippen LogP contribution >= 0.6 is 0 Å². The number of rotatable bonds is 11. The lowest BCUT2D eigenvalue weighted by Crippen LogP contribution is -2.40. The van der Waals surface area contributed by atoms with E-state index in [4.69, 9.17) is 9.72 Å². The highest BCUT2D eigenvalue weighted by molar-refractivity contribution is 6.07. The van der Waals surface area contributed by atoms with E-state index in [0.29, 0.717) is 37.0 Å². The monoisotopic (exact) mass is 464 g/mol. The van der Waals surface area contributed by atoms with Crippen LogP contribution in [-0.4, -0.2) is 51.0 Å². The normalized spacial score (nSPS) is 14.0. The van der Waals surface area contributed by atoms with Crippen LogP contribution in [0.15, 0.2) is 36.5 Å². The summed E-state index contributed by atoms with van der Waals surface area (Å²) < 4.78 is 7.42. The number of nitrogens with zero attached hydrogens (tertiary/aromatic N) is 3. The predicted octanol–water partition coefficient (Wildman–Crippen LogP) is 3.46. The zero-order chi connectivity index (χ0) is 23.9. The quantitative estimate of drug-likeness (QED) is 0.421. The molecule has 0 saturated carbocycles. The van der Waals surface area contributed by atoms with Gasteiger partial charge in [-0.15, -0.1) is 0 Å². The van der Waals surface area contributed by atoms with E-state index in [1.54, 1.807) is 30.1 Å². The number of carbonyl (C=O) groups excluding carboxylic acids is 1. The Labute approximate surface area is 199 Å². The van der Waals surface area contributed by atoms with Gasteiger partial charge in [0.05, 0.1) is 23.9 Å². The van der Waals surface area contributed by atoms with Gasteiger partial charge in [0.1, 0.15) is 6.04 Å². The number of carbonyl (C=O) groups is 2. The molecule has 8 heteroatoms. The molecular formula is C26H32N4O4. The van der Waals surface area contributed by atoms with Gasteiger partial charge in [0.2, 0.25) is 0 Å². The van der Waals surface area contributed by atoms with Crippen molar-refractivity contribution in [1.82, 2.24) is 20.1 Å². The molecule has 1 aromatic carbocycles. The van der Waals surface area contributed by atoms with Crippen molar-refractivity contribution in [1.29, 1.82) is 0 Å². The summed E-state index contributed by atoms with van der Waals surface area (Å²) in [6.07, 6.45) is 8.80. The molecule has 3 aromatic rings. The van der Waals surface area contributed by atoms with Crippen LogP contribution in [0.1, 0.15) is 59.4 Å². The van der Waals surface area contributed by atoms with Crippen molar-refractivity contribution in [2.75, 3.05) is 13.2 Å². The second-order valence-corrected chi connectivity index (χ2v) is 8.84. The van der Waals surface area contributed by atoms with E-state index < -0.39 is 17.9 Å². The average Bonchev–Trinajstić information content (AvgIpc) is 3.23. The molecule has 180 valence electrons. The zero-order valence-corrected chi connectivity index (χ0v) is 19.6. The summed E-state index contributed by atoms with van der Waals surface area (Å²) >= 11 is 0. The summed E-state index contributed by atoms with van der Waals surface area (Å²) in [5.41, 5.74) is 4.94. The fraction of sp³-hybridized carbons (Fsp3) is 0.462. The minimum Gasteiger partial charge on any atom is -0.480 e. The molecule has 1 unspecified atom stereocenters. The molecular weight excluding hydrogens is 432 g/mol. The summed E-state index contributed by atoms with van der Waals surface area (Å²) in [5.74, 6) is -1.44. The van der Waals surface area contributed by atoms with Crippen LogP contribution in [0.2, 0.25) is 0 Å². The third kappa shape index (κ3) is 5.80. The van der Waals surface area contributed by atoms with E-state index >= 15 is 0 Å². The van der Waals surface area contributed by atoms with Gasteiger partial charge in [0, 0.05) is 36.8 Å². The van der Waals surface area contributed by atoms with Crippen LogP contribution in [0.25, 0.3) is 10.9 Å². The maximum absolute atomic E-state index is 12.7. The SMILES string of the molecule is Cn1ncc2c(C(=O)NC(CCCCOCCc3ccc4c(n3)CCCC4)C(=O)O)cccc21. The van der Waals surface area contributed by atoms with Gasteiger partial charge in [-0.05, 0) is 68.7 Å². The number of aromatic nitrogens is 3. The summed E-state index contributed by atoms with van der Waals surface area (Å²) in [7, 11) is 1.80. The third-order valence-corrected chi connectivity index (χ3v) is 6.41. The van der Waals surface area contributed by atoms with E-state index in [2.05, 4.69) is 22.5 Å². The van der Waals surface area contributed by atoms with Crippen molar-refractivity contribution in [3.8, 4) is 0 Å². The lowest BCUT2D eigenvalue weighted by molar-refractivity contribution is -0.139. The fourth-order valence-electron chi connectivity index (χ4n) is 4.47. The standard InChI is InChI=1S/C26H32N4O4/c1-30-24-11-6-8-20(21(24)17-27-30)25(31)29-23(26(32)33)10-4-5-15-34-16-14-19-13-12-18-7-2-3-9-22(18)28-19/h6,8,11-13,17,23H,2-5,7,9-10,14-16H2,1H3,(H,29,31)(H,32,33). The number of nitrogens with one attached hydrogen (secondary N) is 1. The molecule has 0 bridgehead atoms. The minimum absolute atomic E-state index is 0.347. The number of aryl methyl sites for hydroxylation is 3. The molecule has 4 rings (SSSR count). The topological polar surface area (TPSA) is 106 Å². The summed E-state index contributed by atoms with van der Waals surface area (Å²) in [6.45, 7) is 1.15. The van der Waals surface area contributed by atoms with Crippen molar-refractivity contribution >= 4 is 22.8 Å². The van der Waals surface area contributed by atoms with Crippen LogP contribution in [-0.2, 0) is 35.8 Å². The molecule has 1 aliphatic rings. The fourth-order valence-corrected chi connectivity index (χ4v) is 4.47. The first-order valence-electron chi connectivity index (χ1n) is 12.0. The van der Waals surface area contributed by atoms with E-state index in [1.807, 2.05) is 6.07 Å². The van der Waals surface area contributed by atoms with Crippen molar-refractivity contribution < 1.29 is 19.4 Å². The number of ether oxygens (including phenoxy) is 1. The molecule has 2 aromatic heterocycles. The smallest absolute Gasteiger partial charge is 0.326 e. The minimum atomic E-state index is -1.04. The Morgan fingerprint density at radius 2 is 2.00 bits per heavy atom. The Morgan fingerprint density at radius 3 is 2.85 bits per heavy atom. The number of amides is 1. The Balaban J connectivity index is 1.18. The highest BCUT2D eigenvalue weighted by Crippen LogP contribution is 2.20. The van der Waals surface area contributed by atoms with E-state index in [9.17, 15) is 14.7 Å². The van der Waals surface area contributed by atoms with Gasteiger partial charge >= 0.3 is 5.97 Å². The molecule has 0 aliphatic heterocycles. The summed E-state index contributed by atoms with van der Waals surface area (Å²) in [5, 5.41) is 17.1. The third-order valence-electron chi connectivity index (χ3n) is 6.41. The molecule has 2 heterocycles. The maximum atomic E-state index is 12.7. The largest absolute Gasteiger partial charge is 0.480 e. The van der Waals surface area contributed by atoms with Crippen LogP contribution in [0.3, 0.4) is 0 Å². The highest BCUT2D eigenvalue weighted by atomic mass is 16.5. The van der Waals surface area contributed by atoms with Crippen molar-refractivity contribution in [3.05, 3.63) is 59.0 Å². The molecule has 34 heavy (non-hydrogen) atoms. The van der Waals surface area contributed by atoms with Gasteiger partial charge < -0.3 is 15.2 Å². The molecule has 1 atom stereocenters. The number of aliphatic carboxylic acids is 1. The van der Waals surface area contributed by atoms with E-state index in [0.717, 1.165) is 36.9 Å². The molecule has 8 nitrogen and oxygen atoms in total. The van der Waals surface area contributed by atoms with Crippen molar-refractivity contribution in [2.24, 2.45) is 7.05 Å². The van der Waals surface area contributed by atoms with Crippen LogP contribution in [0.4, 0.5) is 0 Å². The summed E-state index contributed by atoms with van der Waals surface area (Å²) in [6, 6.07) is 8.68. The summed E-state index contributed by atoms with van der Waals surface area (Å²) in [4.78, 5) is 29.2. The van der Waals surface area contributed by atoms with Crippen LogP contribution in [0.5, 0.6) is 0 Å². The average molecular weight is 465 g/mol. The Morgan fingerprint density at radius 1 is 1.15 bits per heavy atom. The van der Waals surface area contributed by atoms with E-state index in [1.165, 1.54) is 24.1 Å². The Hall–Kier alpha value is -3.26.